The first-order chi connectivity index (χ1) is 14.3. The fourth-order valence-electron chi connectivity index (χ4n) is 3.31. The van der Waals surface area contributed by atoms with Gasteiger partial charge in [0, 0.05) is 31.3 Å². The Hall–Kier alpha value is -2.52. The maximum atomic E-state index is 12.7. The first kappa shape index (κ1) is 22.2. The predicted molar refractivity (Wildman–Crippen MR) is 109 cm³/mol. The van der Waals surface area contributed by atoms with E-state index in [-0.39, 0.29) is 23.0 Å². The second-order valence-electron chi connectivity index (χ2n) is 7.06. The van der Waals surface area contributed by atoms with Gasteiger partial charge in [0.05, 0.1) is 4.90 Å². The van der Waals surface area contributed by atoms with Gasteiger partial charge in [0.1, 0.15) is 5.75 Å². The number of halogens is 2. The normalized spacial score (nSPS) is 15.2. The van der Waals surface area contributed by atoms with Gasteiger partial charge in [0.25, 0.3) is 0 Å². The Morgan fingerprint density at radius 3 is 2.43 bits per heavy atom. The van der Waals surface area contributed by atoms with Crippen LogP contribution >= 0.6 is 0 Å². The molecule has 1 amide bonds. The molecule has 0 radical (unpaired) electrons. The molecule has 6 nitrogen and oxygen atoms in total. The summed E-state index contributed by atoms with van der Waals surface area (Å²) in [5, 5.41) is 2.64. The minimum atomic E-state index is -3.47. The number of piperidine rings is 1. The van der Waals surface area contributed by atoms with Gasteiger partial charge in [-0.2, -0.15) is 13.1 Å². The van der Waals surface area contributed by atoms with Gasteiger partial charge in [-0.25, -0.2) is 8.42 Å². The molecule has 3 rings (SSSR count). The number of hydrogen-bond donors (Lipinski definition) is 1. The average molecular weight is 438 g/mol. The summed E-state index contributed by atoms with van der Waals surface area (Å²) in [6.45, 7) is -1.83. The maximum Gasteiger partial charge on any atom is 0.387 e. The van der Waals surface area contributed by atoms with Gasteiger partial charge in [0.2, 0.25) is 15.9 Å². The van der Waals surface area contributed by atoms with Crippen molar-refractivity contribution in [2.75, 3.05) is 18.4 Å². The summed E-state index contributed by atoms with van der Waals surface area (Å²) >= 11 is 0. The Morgan fingerprint density at radius 1 is 1.07 bits per heavy atom. The summed E-state index contributed by atoms with van der Waals surface area (Å²) in [6.07, 6.45) is 3.39. The lowest BCUT2D eigenvalue weighted by atomic mass is 10.1. The van der Waals surface area contributed by atoms with E-state index in [4.69, 9.17) is 0 Å². The van der Waals surface area contributed by atoms with Crippen LogP contribution in [0, 0.1) is 0 Å². The molecule has 0 aromatic heterocycles. The van der Waals surface area contributed by atoms with Crippen molar-refractivity contribution in [3.63, 3.8) is 0 Å². The van der Waals surface area contributed by atoms with Gasteiger partial charge in [-0.3, -0.25) is 4.79 Å². The SMILES string of the molecule is O=C(CCc1ccc(S(=O)(=O)N2CCCCC2)cc1)Nc1cccc(OC(F)F)c1. The molecule has 2 aromatic rings. The number of nitrogens with one attached hydrogen (secondary N) is 1. The molecule has 0 unspecified atom stereocenters. The number of nitrogens with zero attached hydrogens (tertiary/aromatic N) is 1. The molecule has 2 aromatic carbocycles. The van der Waals surface area contributed by atoms with Crippen molar-refractivity contribution in [1.29, 1.82) is 0 Å². The number of anilines is 1. The van der Waals surface area contributed by atoms with E-state index in [1.54, 1.807) is 30.3 Å². The Labute approximate surface area is 174 Å². The molecule has 0 spiro atoms. The minimum absolute atomic E-state index is 0.0340. The fraction of sp³-hybridized carbons (Fsp3) is 0.381. The number of carbonyl (C=O) groups is 1. The molecule has 0 aliphatic carbocycles. The molecule has 0 atom stereocenters. The topological polar surface area (TPSA) is 75.7 Å². The van der Waals surface area contributed by atoms with Crippen molar-refractivity contribution in [2.24, 2.45) is 0 Å². The van der Waals surface area contributed by atoms with E-state index in [1.165, 1.54) is 22.5 Å². The quantitative estimate of drug-likeness (QED) is 0.675. The standard InChI is InChI=1S/C21H24F2N2O4S/c22-21(23)29-18-6-4-5-17(15-18)24-20(26)12-9-16-7-10-19(11-8-16)30(27,28)25-13-2-1-3-14-25/h4-8,10-11,15,21H,1-3,9,12-14H2,(H,24,26). The molecule has 1 fully saturated rings. The smallest absolute Gasteiger partial charge is 0.387 e. The molecule has 0 bridgehead atoms. The third-order valence-corrected chi connectivity index (χ3v) is 6.77. The van der Waals surface area contributed by atoms with Crippen LogP contribution in [-0.4, -0.2) is 38.3 Å². The number of rotatable bonds is 8. The molecule has 30 heavy (non-hydrogen) atoms. The summed E-state index contributed by atoms with van der Waals surface area (Å²) in [5.41, 5.74) is 1.19. The number of benzene rings is 2. The second-order valence-corrected chi connectivity index (χ2v) is 9.00. The molecule has 1 heterocycles. The summed E-state index contributed by atoms with van der Waals surface area (Å²) in [6, 6.07) is 12.4. The Balaban J connectivity index is 1.54. The van der Waals surface area contributed by atoms with Crippen molar-refractivity contribution >= 4 is 21.6 Å². The molecule has 1 aliphatic rings. The summed E-state index contributed by atoms with van der Waals surface area (Å²) in [5.74, 6) is -0.317. The van der Waals surface area contributed by atoms with Gasteiger partial charge in [-0.05, 0) is 49.1 Å². The van der Waals surface area contributed by atoms with Gasteiger partial charge in [-0.15, -0.1) is 0 Å². The van der Waals surface area contributed by atoms with Crippen LogP contribution in [0.2, 0.25) is 0 Å². The zero-order chi connectivity index (χ0) is 21.6. The molecule has 9 heteroatoms. The van der Waals surface area contributed by atoms with E-state index < -0.39 is 16.6 Å². The Bertz CT molecular complexity index is 959. The van der Waals surface area contributed by atoms with Crippen LogP contribution in [-0.2, 0) is 21.2 Å². The predicted octanol–water partition coefficient (Wildman–Crippen LogP) is 4.03. The number of aryl methyl sites for hydroxylation is 1. The lowest BCUT2D eigenvalue weighted by molar-refractivity contribution is -0.116. The van der Waals surface area contributed by atoms with Gasteiger partial charge in [-0.1, -0.05) is 24.6 Å². The monoisotopic (exact) mass is 438 g/mol. The first-order valence-electron chi connectivity index (χ1n) is 9.78. The highest BCUT2D eigenvalue weighted by molar-refractivity contribution is 7.89. The third-order valence-electron chi connectivity index (χ3n) is 4.86. The number of amides is 1. The molecule has 1 N–H and O–H groups in total. The lowest BCUT2D eigenvalue weighted by Crippen LogP contribution is -2.35. The second kappa shape index (κ2) is 9.99. The average Bonchev–Trinajstić information content (AvgIpc) is 2.73. The summed E-state index contributed by atoms with van der Waals surface area (Å²) in [4.78, 5) is 12.4. The highest BCUT2D eigenvalue weighted by Crippen LogP contribution is 2.22. The Morgan fingerprint density at radius 2 is 1.77 bits per heavy atom. The van der Waals surface area contributed by atoms with E-state index in [0.717, 1.165) is 24.8 Å². The minimum Gasteiger partial charge on any atom is -0.435 e. The number of carbonyl (C=O) groups excluding carboxylic acids is 1. The van der Waals surface area contributed by atoms with Crippen molar-refractivity contribution in [2.45, 2.75) is 43.6 Å². The van der Waals surface area contributed by atoms with Crippen LogP contribution in [0.5, 0.6) is 5.75 Å². The molecule has 1 saturated heterocycles. The summed E-state index contributed by atoms with van der Waals surface area (Å²) < 4.78 is 55.7. The first-order valence-corrected chi connectivity index (χ1v) is 11.2. The van der Waals surface area contributed by atoms with Crippen LogP contribution in [0.25, 0.3) is 0 Å². The molecular weight excluding hydrogens is 414 g/mol. The van der Waals surface area contributed by atoms with Crippen LogP contribution in [0.1, 0.15) is 31.2 Å². The largest absolute Gasteiger partial charge is 0.435 e. The molecule has 162 valence electrons. The Kier molecular flexibility index (Phi) is 7.38. The van der Waals surface area contributed by atoms with E-state index in [9.17, 15) is 22.0 Å². The van der Waals surface area contributed by atoms with Crippen LogP contribution < -0.4 is 10.1 Å². The maximum absolute atomic E-state index is 12.7. The van der Waals surface area contributed by atoms with E-state index in [2.05, 4.69) is 10.1 Å². The number of sulfonamides is 1. The highest BCUT2D eigenvalue weighted by atomic mass is 32.2. The third kappa shape index (κ3) is 5.99. The number of ether oxygens (including phenoxy) is 1. The molecule has 0 saturated carbocycles. The highest BCUT2D eigenvalue weighted by Gasteiger charge is 2.25. The van der Waals surface area contributed by atoms with Crippen LogP contribution in [0.3, 0.4) is 0 Å². The van der Waals surface area contributed by atoms with E-state index in [1.807, 2.05) is 0 Å². The fourth-order valence-corrected chi connectivity index (χ4v) is 4.83. The van der Waals surface area contributed by atoms with E-state index in [0.29, 0.717) is 25.2 Å². The van der Waals surface area contributed by atoms with Crippen molar-refractivity contribution in [3.8, 4) is 5.75 Å². The zero-order valence-electron chi connectivity index (χ0n) is 16.4. The molecule has 1 aliphatic heterocycles. The van der Waals surface area contributed by atoms with Crippen molar-refractivity contribution in [3.05, 3.63) is 54.1 Å². The van der Waals surface area contributed by atoms with Crippen LogP contribution in [0.15, 0.2) is 53.4 Å². The van der Waals surface area contributed by atoms with Gasteiger partial charge >= 0.3 is 6.61 Å². The lowest BCUT2D eigenvalue weighted by Gasteiger charge is -2.25. The van der Waals surface area contributed by atoms with Gasteiger partial charge < -0.3 is 10.1 Å². The van der Waals surface area contributed by atoms with Crippen molar-refractivity contribution < 1.29 is 26.7 Å². The number of hydrogen-bond acceptors (Lipinski definition) is 4. The van der Waals surface area contributed by atoms with Gasteiger partial charge in [0.15, 0.2) is 0 Å². The number of alkyl halides is 2. The van der Waals surface area contributed by atoms with Crippen LogP contribution in [0.4, 0.5) is 14.5 Å². The molecular formula is C21H24F2N2O4S. The zero-order valence-corrected chi connectivity index (χ0v) is 17.2. The van der Waals surface area contributed by atoms with E-state index >= 15 is 0 Å². The van der Waals surface area contributed by atoms with Crippen molar-refractivity contribution in [1.82, 2.24) is 4.31 Å². The summed E-state index contributed by atoms with van der Waals surface area (Å²) in [7, 11) is -3.47.